The van der Waals surface area contributed by atoms with E-state index in [2.05, 4.69) is 19.2 Å². The van der Waals surface area contributed by atoms with Gasteiger partial charge in [-0.05, 0) is 18.2 Å². The lowest BCUT2D eigenvalue weighted by molar-refractivity contribution is 0.0927. The molecule has 1 aromatic rings. The highest BCUT2D eigenvalue weighted by Gasteiger charge is 2.13. The van der Waals surface area contributed by atoms with Crippen LogP contribution in [0.5, 0.6) is 0 Å². The van der Waals surface area contributed by atoms with Crippen LogP contribution in [0.2, 0.25) is 0 Å². The molecule has 0 spiro atoms. The number of furan rings is 1. The molecule has 3 nitrogen and oxygen atoms in total. The molecule has 1 N–H and O–H groups in total. The predicted octanol–water partition coefficient (Wildman–Crippen LogP) is 3.20. The summed E-state index contributed by atoms with van der Waals surface area (Å²) in [6.07, 6.45) is 0. The Balaban J connectivity index is 2.41. The predicted molar refractivity (Wildman–Crippen MR) is 72.9 cm³/mol. The average molecular weight is 276 g/mol. The number of hydrogen-bond donors (Lipinski definition) is 1. The standard InChI is InChI=1S/C12H18ClNO2S/c1-8(2)17-5-4-14-12(15)11-6-10(7-13)9(3)16-11/h6,8H,4-5,7H2,1-3H3,(H,14,15). The van der Waals surface area contributed by atoms with Crippen LogP contribution in [0.4, 0.5) is 0 Å². The van der Waals surface area contributed by atoms with E-state index in [1.54, 1.807) is 6.07 Å². The van der Waals surface area contributed by atoms with Gasteiger partial charge in [-0.25, -0.2) is 0 Å². The third-order valence-corrected chi connectivity index (χ3v) is 3.62. The van der Waals surface area contributed by atoms with Gasteiger partial charge in [0.1, 0.15) is 5.76 Å². The van der Waals surface area contributed by atoms with E-state index in [-0.39, 0.29) is 5.91 Å². The van der Waals surface area contributed by atoms with Crippen molar-refractivity contribution in [3.8, 4) is 0 Å². The van der Waals surface area contributed by atoms with Crippen molar-refractivity contribution >= 4 is 29.3 Å². The van der Waals surface area contributed by atoms with Crippen molar-refractivity contribution in [3.63, 3.8) is 0 Å². The first-order chi connectivity index (χ1) is 8.04. The minimum Gasteiger partial charge on any atom is -0.456 e. The summed E-state index contributed by atoms with van der Waals surface area (Å²) in [5.74, 6) is 2.15. The molecule has 17 heavy (non-hydrogen) atoms. The smallest absolute Gasteiger partial charge is 0.287 e. The number of amides is 1. The lowest BCUT2D eigenvalue weighted by atomic mass is 10.3. The van der Waals surface area contributed by atoms with Gasteiger partial charge in [-0.2, -0.15) is 11.8 Å². The van der Waals surface area contributed by atoms with Gasteiger partial charge in [0.15, 0.2) is 5.76 Å². The molecule has 96 valence electrons. The maximum atomic E-state index is 11.7. The van der Waals surface area contributed by atoms with Crippen LogP contribution in [0.25, 0.3) is 0 Å². The van der Waals surface area contributed by atoms with Crippen molar-refractivity contribution in [1.82, 2.24) is 5.32 Å². The molecule has 0 aliphatic rings. The number of aryl methyl sites for hydroxylation is 1. The second kappa shape index (κ2) is 6.97. The maximum Gasteiger partial charge on any atom is 0.287 e. The molecule has 0 fully saturated rings. The second-order valence-electron chi connectivity index (χ2n) is 4.00. The van der Waals surface area contributed by atoms with E-state index in [0.717, 1.165) is 11.3 Å². The third kappa shape index (κ3) is 4.64. The van der Waals surface area contributed by atoms with Crippen molar-refractivity contribution in [2.24, 2.45) is 0 Å². The molecule has 0 saturated heterocycles. The molecule has 0 bridgehead atoms. The van der Waals surface area contributed by atoms with Gasteiger partial charge in [-0.1, -0.05) is 13.8 Å². The topological polar surface area (TPSA) is 42.2 Å². The SMILES string of the molecule is Cc1oc(C(=O)NCCSC(C)C)cc1CCl. The highest BCUT2D eigenvalue weighted by molar-refractivity contribution is 7.99. The van der Waals surface area contributed by atoms with Gasteiger partial charge in [0.2, 0.25) is 0 Å². The Kier molecular flexibility index (Phi) is 5.92. The number of halogens is 1. The molecular formula is C12H18ClNO2S. The summed E-state index contributed by atoms with van der Waals surface area (Å²) in [5.41, 5.74) is 0.869. The van der Waals surface area contributed by atoms with E-state index in [4.69, 9.17) is 16.0 Å². The molecule has 1 heterocycles. The van der Waals surface area contributed by atoms with E-state index < -0.39 is 0 Å². The van der Waals surface area contributed by atoms with Crippen LogP contribution in [0.3, 0.4) is 0 Å². The number of rotatable bonds is 6. The first kappa shape index (κ1) is 14.5. The molecule has 0 aliphatic heterocycles. The van der Waals surface area contributed by atoms with Crippen molar-refractivity contribution in [1.29, 1.82) is 0 Å². The normalized spacial score (nSPS) is 10.9. The zero-order chi connectivity index (χ0) is 12.8. The summed E-state index contributed by atoms with van der Waals surface area (Å²) in [6.45, 7) is 6.73. The Bertz CT molecular complexity index is 377. The zero-order valence-electron chi connectivity index (χ0n) is 10.4. The molecule has 0 saturated carbocycles. The molecule has 0 radical (unpaired) electrons. The summed E-state index contributed by atoms with van der Waals surface area (Å²) < 4.78 is 5.34. The number of nitrogens with one attached hydrogen (secondary N) is 1. The summed E-state index contributed by atoms with van der Waals surface area (Å²) in [6, 6.07) is 1.70. The van der Waals surface area contributed by atoms with Crippen LogP contribution >= 0.6 is 23.4 Å². The van der Waals surface area contributed by atoms with Gasteiger partial charge in [0.05, 0.1) is 5.88 Å². The number of hydrogen-bond acceptors (Lipinski definition) is 3. The molecule has 0 aliphatic carbocycles. The maximum absolute atomic E-state index is 11.7. The molecule has 5 heteroatoms. The van der Waals surface area contributed by atoms with Gasteiger partial charge in [0, 0.05) is 17.9 Å². The fourth-order valence-corrected chi connectivity index (χ4v) is 2.27. The number of carbonyl (C=O) groups is 1. The molecule has 1 rings (SSSR count). The van der Waals surface area contributed by atoms with E-state index in [1.807, 2.05) is 18.7 Å². The Hall–Kier alpha value is -0.610. The van der Waals surface area contributed by atoms with Gasteiger partial charge in [0.25, 0.3) is 5.91 Å². The van der Waals surface area contributed by atoms with Gasteiger partial charge >= 0.3 is 0 Å². The third-order valence-electron chi connectivity index (χ3n) is 2.23. The highest BCUT2D eigenvalue weighted by Crippen LogP contribution is 2.16. The Morgan fingerprint density at radius 2 is 2.29 bits per heavy atom. The van der Waals surface area contributed by atoms with E-state index in [1.165, 1.54) is 0 Å². The summed E-state index contributed by atoms with van der Waals surface area (Å²) in [4.78, 5) is 11.7. The van der Waals surface area contributed by atoms with Crippen LogP contribution < -0.4 is 5.32 Å². The van der Waals surface area contributed by atoms with E-state index >= 15 is 0 Å². The minimum atomic E-state index is -0.172. The van der Waals surface area contributed by atoms with Crippen molar-refractivity contribution in [2.75, 3.05) is 12.3 Å². The summed E-state index contributed by atoms with van der Waals surface area (Å²) >= 11 is 7.53. The van der Waals surface area contributed by atoms with Crippen LogP contribution in [-0.4, -0.2) is 23.5 Å². The van der Waals surface area contributed by atoms with E-state index in [9.17, 15) is 4.79 Å². The van der Waals surface area contributed by atoms with E-state index in [0.29, 0.717) is 29.2 Å². The van der Waals surface area contributed by atoms with Crippen LogP contribution in [0.1, 0.15) is 35.7 Å². The molecular weight excluding hydrogens is 258 g/mol. The van der Waals surface area contributed by atoms with Gasteiger partial charge < -0.3 is 9.73 Å². The summed E-state index contributed by atoms with van der Waals surface area (Å²) in [5, 5.41) is 3.41. The number of alkyl halides is 1. The molecule has 0 aromatic carbocycles. The molecule has 1 amide bonds. The van der Waals surface area contributed by atoms with Crippen LogP contribution in [0.15, 0.2) is 10.5 Å². The van der Waals surface area contributed by atoms with Crippen LogP contribution in [-0.2, 0) is 5.88 Å². The Morgan fingerprint density at radius 3 is 2.82 bits per heavy atom. The fourth-order valence-electron chi connectivity index (χ4n) is 1.31. The second-order valence-corrected chi connectivity index (χ2v) is 5.95. The molecule has 1 aromatic heterocycles. The van der Waals surface area contributed by atoms with Crippen LogP contribution in [0, 0.1) is 6.92 Å². The largest absolute Gasteiger partial charge is 0.456 e. The minimum absolute atomic E-state index is 0.172. The van der Waals surface area contributed by atoms with Crippen molar-refractivity contribution in [2.45, 2.75) is 31.9 Å². The van der Waals surface area contributed by atoms with Gasteiger partial charge in [-0.15, -0.1) is 11.6 Å². The van der Waals surface area contributed by atoms with Gasteiger partial charge in [-0.3, -0.25) is 4.79 Å². The summed E-state index contributed by atoms with van der Waals surface area (Å²) in [7, 11) is 0. The fraction of sp³-hybridized carbons (Fsp3) is 0.583. The monoisotopic (exact) mass is 275 g/mol. The Morgan fingerprint density at radius 1 is 1.59 bits per heavy atom. The lowest BCUT2D eigenvalue weighted by Crippen LogP contribution is -2.25. The first-order valence-corrected chi connectivity index (χ1v) is 7.18. The zero-order valence-corrected chi connectivity index (χ0v) is 12.0. The first-order valence-electron chi connectivity index (χ1n) is 5.59. The quantitative estimate of drug-likeness (QED) is 0.640. The van der Waals surface area contributed by atoms with Crippen molar-refractivity contribution < 1.29 is 9.21 Å². The number of carbonyl (C=O) groups excluding carboxylic acids is 1. The lowest BCUT2D eigenvalue weighted by Gasteiger charge is -2.05. The Labute approximate surface area is 111 Å². The molecule has 0 atom stereocenters. The highest BCUT2D eigenvalue weighted by atomic mass is 35.5. The number of thioether (sulfide) groups is 1. The van der Waals surface area contributed by atoms with Crippen molar-refractivity contribution in [3.05, 3.63) is 23.2 Å². The molecule has 0 unspecified atom stereocenters. The average Bonchev–Trinajstić information content (AvgIpc) is 2.65.